The van der Waals surface area contributed by atoms with Crippen LogP contribution in [0.3, 0.4) is 0 Å². The van der Waals surface area contributed by atoms with Gasteiger partial charge in [0, 0.05) is 5.92 Å². The monoisotopic (exact) mass is 362 g/mol. The number of aliphatic carboxylic acids is 1. The van der Waals surface area contributed by atoms with E-state index in [0.717, 1.165) is 0 Å². The maximum absolute atomic E-state index is 14.3. The van der Waals surface area contributed by atoms with E-state index in [-0.39, 0.29) is 0 Å². The molecule has 0 amide bonds. The highest BCUT2D eigenvalue weighted by atomic mass is 32.2. The summed E-state index contributed by atoms with van der Waals surface area (Å²) >= 11 is 0. The number of aliphatic hydroxyl groups is 4. The number of halogens is 1. The number of hydrogen-bond acceptors (Lipinski definition) is 9. The number of aliphatic hydroxyl groups excluding tert-OH is 4. The third kappa shape index (κ3) is 3.96. The van der Waals surface area contributed by atoms with Crippen molar-refractivity contribution >= 4 is 16.1 Å². The summed E-state index contributed by atoms with van der Waals surface area (Å²) in [5, 5.41) is 47.1. The van der Waals surface area contributed by atoms with E-state index in [1.54, 1.807) is 0 Å². The Morgan fingerprint density at radius 1 is 1.43 bits per heavy atom. The standard InChI is InChI=1S/C11H19FO10S/c1-4-6(15)9(12)11(10(17)18,22-23(2,19)20)21-8(4)7(16)5(14)3-13/h4-9,13-16H,3H2,1-2H3,(H,17,18). The number of hydrogen-bond donors (Lipinski definition) is 5. The Labute approximate surface area is 131 Å². The number of carbonyl (C=O) groups is 1. The van der Waals surface area contributed by atoms with Gasteiger partial charge in [-0.05, 0) is 0 Å². The average molecular weight is 362 g/mol. The Bertz CT molecular complexity index is 535. The predicted octanol–water partition coefficient (Wildman–Crippen LogP) is -2.81. The number of ether oxygens (including phenoxy) is 1. The summed E-state index contributed by atoms with van der Waals surface area (Å²) in [4.78, 5) is 11.4. The normalized spacial score (nSPS) is 38.0. The molecule has 0 aromatic rings. The maximum Gasteiger partial charge on any atom is 0.369 e. The van der Waals surface area contributed by atoms with Gasteiger partial charge in [-0.15, -0.1) is 0 Å². The van der Waals surface area contributed by atoms with Crippen LogP contribution in [0.1, 0.15) is 6.92 Å². The van der Waals surface area contributed by atoms with Crippen LogP contribution >= 0.6 is 0 Å². The predicted molar refractivity (Wildman–Crippen MR) is 70.3 cm³/mol. The molecular formula is C11H19FO10S. The molecule has 1 rings (SSSR count). The first-order valence-electron chi connectivity index (χ1n) is 6.48. The molecule has 7 atom stereocenters. The fourth-order valence-electron chi connectivity index (χ4n) is 2.26. The molecule has 1 aliphatic rings. The van der Waals surface area contributed by atoms with Gasteiger partial charge in [-0.2, -0.15) is 8.42 Å². The minimum atomic E-state index is -4.53. The molecule has 1 heterocycles. The molecule has 23 heavy (non-hydrogen) atoms. The van der Waals surface area contributed by atoms with Crippen molar-refractivity contribution in [1.29, 1.82) is 0 Å². The Hall–Kier alpha value is -0.890. The summed E-state index contributed by atoms with van der Waals surface area (Å²) in [6, 6.07) is 0. The van der Waals surface area contributed by atoms with Gasteiger partial charge in [0.15, 0.2) is 6.17 Å². The quantitative estimate of drug-likeness (QED) is 0.311. The van der Waals surface area contributed by atoms with Crippen molar-refractivity contribution in [1.82, 2.24) is 0 Å². The van der Waals surface area contributed by atoms with Gasteiger partial charge in [-0.1, -0.05) is 6.92 Å². The van der Waals surface area contributed by atoms with E-state index in [2.05, 4.69) is 4.18 Å². The van der Waals surface area contributed by atoms with Gasteiger partial charge >= 0.3 is 11.8 Å². The molecular weight excluding hydrogens is 343 g/mol. The van der Waals surface area contributed by atoms with E-state index < -0.39 is 65.0 Å². The molecule has 10 nitrogen and oxygen atoms in total. The van der Waals surface area contributed by atoms with Crippen LogP contribution in [0.25, 0.3) is 0 Å². The van der Waals surface area contributed by atoms with E-state index in [4.69, 9.17) is 14.9 Å². The van der Waals surface area contributed by atoms with E-state index in [9.17, 15) is 32.9 Å². The Morgan fingerprint density at radius 3 is 2.35 bits per heavy atom. The van der Waals surface area contributed by atoms with E-state index in [1.165, 1.54) is 6.92 Å². The maximum atomic E-state index is 14.3. The van der Waals surface area contributed by atoms with Crippen LogP contribution < -0.4 is 0 Å². The molecule has 0 aliphatic carbocycles. The van der Waals surface area contributed by atoms with E-state index in [1.807, 2.05) is 0 Å². The third-order valence-electron chi connectivity index (χ3n) is 3.52. The molecule has 1 saturated heterocycles. The van der Waals surface area contributed by atoms with Crippen molar-refractivity contribution in [3.05, 3.63) is 0 Å². The Kier molecular flexibility index (Phi) is 6.07. The topological polar surface area (TPSA) is 171 Å². The highest BCUT2D eigenvalue weighted by Gasteiger charge is 2.63. The van der Waals surface area contributed by atoms with E-state index in [0.29, 0.717) is 6.26 Å². The van der Waals surface area contributed by atoms with Crippen LogP contribution in [0.4, 0.5) is 4.39 Å². The smallest absolute Gasteiger partial charge is 0.369 e. The number of carboxylic acid groups (broad SMARTS) is 1. The van der Waals surface area contributed by atoms with E-state index >= 15 is 0 Å². The highest BCUT2D eigenvalue weighted by molar-refractivity contribution is 7.86. The molecule has 0 saturated carbocycles. The molecule has 0 aromatic heterocycles. The first-order valence-corrected chi connectivity index (χ1v) is 8.30. The molecule has 0 bridgehead atoms. The van der Waals surface area contributed by atoms with Crippen molar-refractivity contribution in [2.75, 3.05) is 12.9 Å². The van der Waals surface area contributed by atoms with Crippen LogP contribution in [0.2, 0.25) is 0 Å². The Morgan fingerprint density at radius 2 is 1.96 bits per heavy atom. The fourth-order valence-corrected chi connectivity index (χ4v) is 2.91. The van der Waals surface area contributed by atoms with Gasteiger partial charge < -0.3 is 30.3 Å². The summed E-state index contributed by atoms with van der Waals surface area (Å²) in [7, 11) is -4.53. The molecule has 12 heteroatoms. The van der Waals surface area contributed by atoms with Crippen LogP contribution in [-0.4, -0.2) is 89.2 Å². The van der Waals surface area contributed by atoms with Crippen molar-refractivity contribution in [3.8, 4) is 0 Å². The molecule has 136 valence electrons. The molecule has 0 radical (unpaired) electrons. The second kappa shape index (κ2) is 6.93. The zero-order valence-corrected chi connectivity index (χ0v) is 13.1. The largest absolute Gasteiger partial charge is 0.477 e. The van der Waals surface area contributed by atoms with Gasteiger partial charge in [-0.25, -0.2) is 13.4 Å². The zero-order valence-electron chi connectivity index (χ0n) is 12.2. The molecule has 1 fully saturated rings. The van der Waals surface area contributed by atoms with Gasteiger partial charge in [0.05, 0.1) is 25.1 Å². The van der Waals surface area contributed by atoms with Crippen molar-refractivity contribution in [3.63, 3.8) is 0 Å². The number of alkyl halides is 1. The fraction of sp³-hybridized carbons (Fsp3) is 0.909. The van der Waals surface area contributed by atoms with Crippen LogP contribution in [-0.2, 0) is 23.8 Å². The molecule has 5 N–H and O–H groups in total. The SMILES string of the molecule is CC1C(O)C(F)C(OS(C)(=O)=O)(C(=O)O)OC1C(O)C(O)CO. The lowest BCUT2D eigenvalue weighted by atomic mass is 9.83. The summed E-state index contributed by atoms with van der Waals surface area (Å²) in [6.07, 6.45) is -9.87. The zero-order chi connectivity index (χ0) is 18.2. The van der Waals surface area contributed by atoms with Crippen LogP contribution in [0.15, 0.2) is 0 Å². The average Bonchev–Trinajstić information content (AvgIpc) is 2.44. The van der Waals surface area contributed by atoms with Crippen molar-refractivity contribution in [2.24, 2.45) is 5.92 Å². The first kappa shape index (κ1) is 20.2. The van der Waals surface area contributed by atoms with Crippen LogP contribution in [0, 0.1) is 5.92 Å². The summed E-state index contributed by atoms with van der Waals surface area (Å²) in [5.41, 5.74) is 0. The molecule has 7 unspecified atom stereocenters. The van der Waals surface area contributed by atoms with Gasteiger partial charge in [0.1, 0.15) is 12.2 Å². The van der Waals surface area contributed by atoms with Crippen molar-refractivity contribution < 1.29 is 52.1 Å². The summed E-state index contributed by atoms with van der Waals surface area (Å²) in [6.45, 7) is 0.247. The lowest BCUT2D eigenvalue weighted by molar-refractivity contribution is -0.316. The lowest BCUT2D eigenvalue weighted by Gasteiger charge is -2.46. The number of carboxylic acids is 1. The van der Waals surface area contributed by atoms with Gasteiger partial charge in [-0.3, -0.25) is 0 Å². The lowest BCUT2D eigenvalue weighted by Crippen LogP contribution is -2.68. The minimum absolute atomic E-state index is 0.451. The Balaban J connectivity index is 3.32. The second-order valence-corrected chi connectivity index (χ2v) is 6.91. The molecule has 0 spiro atoms. The van der Waals surface area contributed by atoms with Crippen LogP contribution in [0.5, 0.6) is 0 Å². The molecule has 1 aliphatic heterocycles. The highest BCUT2D eigenvalue weighted by Crippen LogP contribution is 2.39. The third-order valence-corrected chi connectivity index (χ3v) is 4.07. The summed E-state index contributed by atoms with van der Waals surface area (Å²) in [5.74, 6) is -6.85. The second-order valence-electron chi connectivity index (χ2n) is 5.33. The first-order chi connectivity index (χ1) is 10.4. The van der Waals surface area contributed by atoms with Gasteiger partial charge in [0.25, 0.3) is 10.1 Å². The summed E-state index contributed by atoms with van der Waals surface area (Å²) < 4.78 is 45.8. The van der Waals surface area contributed by atoms with Crippen molar-refractivity contribution in [2.45, 2.75) is 43.3 Å². The minimum Gasteiger partial charge on any atom is -0.477 e. The van der Waals surface area contributed by atoms with Gasteiger partial charge in [0.2, 0.25) is 0 Å². The number of rotatable bonds is 6. The molecule has 0 aromatic carbocycles.